The van der Waals surface area contributed by atoms with Crippen LogP contribution in [-0.2, 0) is 0 Å². The van der Waals surface area contributed by atoms with Gasteiger partial charge in [-0.25, -0.2) is 0 Å². The van der Waals surface area contributed by atoms with Crippen LogP contribution < -0.4 is 0 Å². The van der Waals surface area contributed by atoms with Gasteiger partial charge in [0.1, 0.15) is 0 Å². The van der Waals surface area contributed by atoms with Crippen molar-refractivity contribution in [2.24, 2.45) is 11.8 Å². The Morgan fingerprint density at radius 3 is 2.00 bits per heavy atom. The molecule has 0 heteroatoms. The number of hydrogen-bond donors (Lipinski definition) is 0. The molecule has 7 heavy (non-hydrogen) atoms. The molecule has 0 aromatic carbocycles. The Kier molecular flexibility index (Phi) is 0.701. The van der Waals surface area contributed by atoms with Crippen molar-refractivity contribution in [3.8, 4) is 0 Å². The second-order valence-corrected chi connectivity index (χ2v) is 2.33. The number of rotatable bonds is 0. The summed E-state index contributed by atoms with van der Waals surface area (Å²) in [5.74, 6) is 0.653. The standard InChI is InChI=1S/C7H12/c1-6-3-4-7(2)5-6/h3-4,6-7H,5H2,1-2H3/i3T,4T. The van der Waals surface area contributed by atoms with E-state index in [9.17, 15) is 0 Å². The van der Waals surface area contributed by atoms with E-state index in [0.29, 0.717) is 23.9 Å². The maximum Gasteiger partial charge on any atom is 0.0575 e. The predicted octanol–water partition coefficient (Wildman–Crippen LogP) is 2.22. The number of hydrogen-bond acceptors (Lipinski definition) is 0. The van der Waals surface area contributed by atoms with E-state index in [1.165, 1.54) is 0 Å². The van der Waals surface area contributed by atoms with Gasteiger partial charge in [0.25, 0.3) is 0 Å². The molecule has 0 aliphatic heterocycles. The van der Waals surface area contributed by atoms with E-state index in [-0.39, 0.29) is 0 Å². The van der Waals surface area contributed by atoms with Gasteiger partial charge in [0, 0.05) is 0 Å². The average molecular weight is 100 g/mol. The van der Waals surface area contributed by atoms with Gasteiger partial charge >= 0.3 is 0 Å². The first-order chi connectivity index (χ1) is 4.13. The van der Waals surface area contributed by atoms with Crippen molar-refractivity contribution in [2.75, 3.05) is 0 Å². The van der Waals surface area contributed by atoms with E-state index in [2.05, 4.69) is 0 Å². The van der Waals surface area contributed by atoms with Crippen LogP contribution in [0, 0.1) is 11.8 Å². The summed E-state index contributed by atoms with van der Waals surface area (Å²) < 4.78 is 14.7. The summed E-state index contributed by atoms with van der Waals surface area (Å²) in [7, 11) is 0. The molecule has 0 saturated heterocycles. The Morgan fingerprint density at radius 2 is 1.86 bits per heavy atom. The predicted molar refractivity (Wildman–Crippen MR) is 32.1 cm³/mol. The molecule has 1 aliphatic rings. The average Bonchev–Trinajstić information content (AvgIpc) is 1.98. The highest BCUT2D eigenvalue weighted by molar-refractivity contribution is 4.98. The van der Waals surface area contributed by atoms with Crippen LogP contribution in [0.3, 0.4) is 0 Å². The van der Waals surface area contributed by atoms with Crippen LogP contribution >= 0.6 is 0 Å². The molecule has 0 heterocycles. The monoisotopic (exact) mass is 100 g/mol. The van der Waals surface area contributed by atoms with E-state index in [4.69, 9.17) is 2.74 Å². The van der Waals surface area contributed by atoms with E-state index >= 15 is 0 Å². The maximum absolute atomic E-state index is 7.37. The van der Waals surface area contributed by atoms with Crippen molar-refractivity contribution in [1.29, 1.82) is 0 Å². The molecule has 0 aromatic rings. The fourth-order valence-electron chi connectivity index (χ4n) is 0.933. The molecular weight excluding hydrogens is 84.1 g/mol. The van der Waals surface area contributed by atoms with E-state index in [1.54, 1.807) is 0 Å². The van der Waals surface area contributed by atoms with Crippen LogP contribution in [0.5, 0.6) is 0 Å². The van der Waals surface area contributed by atoms with Crippen molar-refractivity contribution >= 4 is 0 Å². The molecule has 0 saturated carbocycles. The fourth-order valence-corrected chi connectivity index (χ4v) is 0.933. The summed E-state index contributed by atoms with van der Waals surface area (Å²) in [6.07, 6.45) is 0.998. The minimum atomic E-state index is 0.326. The van der Waals surface area contributed by atoms with Crippen LogP contribution in [0.15, 0.2) is 12.1 Å². The molecule has 0 bridgehead atoms. The highest BCUT2D eigenvalue weighted by Crippen LogP contribution is 2.21. The summed E-state index contributed by atoms with van der Waals surface area (Å²) in [5, 5.41) is 0. The van der Waals surface area contributed by atoms with Crippen molar-refractivity contribution in [3.63, 3.8) is 0 Å². The third-order valence-corrected chi connectivity index (χ3v) is 1.28. The minimum Gasteiger partial charge on any atom is -0.0854 e. The van der Waals surface area contributed by atoms with Gasteiger partial charge in [0.15, 0.2) is 0 Å². The van der Waals surface area contributed by atoms with Crippen molar-refractivity contribution in [1.82, 2.24) is 0 Å². The van der Waals surface area contributed by atoms with Crippen molar-refractivity contribution < 1.29 is 2.74 Å². The Morgan fingerprint density at radius 1 is 1.43 bits per heavy atom. The van der Waals surface area contributed by atoms with Crippen LogP contribution in [0.25, 0.3) is 0 Å². The lowest BCUT2D eigenvalue weighted by atomic mass is 10.1. The Bertz CT molecular complexity index is 133. The van der Waals surface area contributed by atoms with Crippen LogP contribution in [0.2, 0.25) is 0 Å². The molecule has 1 aliphatic carbocycles. The SMILES string of the molecule is [3H]C1=C([3H])C(C)CC1C. The second-order valence-electron chi connectivity index (χ2n) is 2.33. The summed E-state index contributed by atoms with van der Waals surface area (Å²) in [6, 6.07) is 1.09. The zero-order valence-corrected chi connectivity index (χ0v) is 4.86. The topological polar surface area (TPSA) is 0 Å². The van der Waals surface area contributed by atoms with E-state index < -0.39 is 0 Å². The van der Waals surface area contributed by atoms with Gasteiger partial charge in [-0.15, -0.1) is 0 Å². The highest BCUT2D eigenvalue weighted by atomic mass is 14.1. The Labute approximate surface area is 48.0 Å². The molecule has 0 aromatic heterocycles. The molecular formula is C7H12. The normalized spacial score (nSPS) is 46.6. The van der Waals surface area contributed by atoms with Crippen molar-refractivity contribution in [2.45, 2.75) is 20.3 Å². The molecule has 0 fully saturated rings. The highest BCUT2D eigenvalue weighted by Gasteiger charge is 2.08. The van der Waals surface area contributed by atoms with E-state index in [0.717, 1.165) is 6.42 Å². The largest absolute Gasteiger partial charge is 0.0854 e. The quantitative estimate of drug-likeness (QED) is 0.409. The first-order valence-corrected chi connectivity index (χ1v) is 2.80. The molecule has 2 atom stereocenters. The first-order valence-electron chi connectivity index (χ1n) is 3.80. The Balaban J connectivity index is 2.79. The molecule has 0 spiro atoms. The molecule has 0 nitrogen and oxygen atoms in total. The minimum absolute atomic E-state index is 0.326. The van der Waals surface area contributed by atoms with Crippen LogP contribution in [0.4, 0.5) is 0 Å². The van der Waals surface area contributed by atoms with Crippen LogP contribution in [0.1, 0.15) is 23.0 Å². The smallest absolute Gasteiger partial charge is 0.0575 e. The van der Waals surface area contributed by atoms with Gasteiger partial charge in [-0.05, 0) is 18.3 Å². The molecule has 1 rings (SSSR count). The van der Waals surface area contributed by atoms with Gasteiger partial charge in [0.05, 0.1) is 2.74 Å². The molecule has 40 valence electrons. The third kappa shape index (κ3) is 1.05. The number of allylic oxidation sites excluding steroid dienone is 2. The van der Waals surface area contributed by atoms with E-state index in [1.807, 2.05) is 13.8 Å². The molecule has 0 amide bonds. The van der Waals surface area contributed by atoms with Gasteiger partial charge in [0.2, 0.25) is 0 Å². The summed E-state index contributed by atoms with van der Waals surface area (Å²) >= 11 is 0. The van der Waals surface area contributed by atoms with Crippen LogP contribution in [-0.4, -0.2) is 0 Å². The Hall–Kier alpha value is -0.260. The van der Waals surface area contributed by atoms with Gasteiger partial charge in [-0.2, -0.15) is 0 Å². The molecule has 2 unspecified atom stereocenters. The van der Waals surface area contributed by atoms with Gasteiger partial charge < -0.3 is 0 Å². The summed E-state index contributed by atoms with van der Waals surface area (Å²) in [6.45, 7) is 4.03. The molecule has 0 N–H and O–H groups in total. The lowest BCUT2D eigenvalue weighted by molar-refractivity contribution is 0.591. The summed E-state index contributed by atoms with van der Waals surface area (Å²) in [4.78, 5) is 0. The van der Waals surface area contributed by atoms with Gasteiger partial charge in [-0.1, -0.05) is 26.0 Å². The van der Waals surface area contributed by atoms with Gasteiger partial charge in [-0.3, -0.25) is 0 Å². The lowest BCUT2D eigenvalue weighted by Gasteiger charge is -1.97. The second kappa shape index (κ2) is 1.69. The fraction of sp³-hybridized carbons (Fsp3) is 0.714. The lowest BCUT2D eigenvalue weighted by Crippen LogP contribution is -1.86. The van der Waals surface area contributed by atoms with Crippen molar-refractivity contribution in [3.05, 3.63) is 12.1 Å². The zero-order chi connectivity index (χ0) is 7.02. The summed E-state index contributed by atoms with van der Waals surface area (Å²) in [5.41, 5.74) is 0. The molecule has 0 radical (unpaired) electrons. The third-order valence-electron chi connectivity index (χ3n) is 1.28. The zero-order valence-electron chi connectivity index (χ0n) is 6.86. The maximum atomic E-state index is 7.37. The first kappa shape index (κ1) is 2.91.